The minimum absolute atomic E-state index is 0.825. The van der Waals surface area contributed by atoms with Crippen LogP contribution < -0.4 is 9.80 Å². The summed E-state index contributed by atoms with van der Waals surface area (Å²) in [6.07, 6.45) is 0. The summed E-state index contributed by atoms with van der Waals surface area (Å²) in [6.45, 7) is 0. The minimum Gasteiger partial charge on any atom is -0.455 e. The van der Waals surface area contributed by atoms with E-state index in [9.17, 15) is 0 Å². The Bertz CT molecular complexity index is 8210. The lowest BCUT2D eigenvalue weighted by Crippen LogP contribution is -2.13. The summed E-state index contributed by atoms with van der Waals surface area (Å²) in [5, 5.41) is 9.19. The van der Waals surface area contributed by atoms with Gasteiger partial charge in [0.2, 0.25) is 0 Å². The Morgan fingerprint density at radius 2 is 0.468 bits per heavy atom. The molecule has 0 unspecified atom stereocenters. The summed E-state index contributed by atoms with van der Waals surface area (Å²) in [5.41, 5.74) is 36.3. The third-order valence-electron chi connectivity index (χ3n) is 25.4. The average molecular weight is 1610 g/mol. The molecule has 0 saturated heterocycles. The minimum atomic E-state index is 0.825. The van der Waals surface area contributed by atoms with E-state index in [1.54, 1.807) is 0 Å². The molecule has 0 fully saturated rings. The molecule has 0 aliphatic rings. The number of benzene rings is 20. The average Bonchev–Trinajstić information content (AvgIpc) is 1.54. The molecule has 20 aromatic carbocycles. The van der Waals surface area contributed by atoms with Crippen LogP contribution in [-0.4, -0.2) is 9.13 Å². The van der Waals surface area contributed by atoms with Crippen LogP contribution in [0.25, 0.3) is 199 Å². The standard InChI is InChI=1S/C120H78N4O2/c1-3-29-79(30-4-1)80-57-59-82(60-58-80)92-33-7-17-47-108(92)122(110-49-19-9-35-96(110)98-37-11-21-51-112(98)124-115-54-24-14-40-101(115)102-41-15-25-55-116(102)124)90-73-63-84(64-74-90)94-44-28-46-105-107-78-87(68-76-118(107)126-120(94)105)86-67-75-91(81-31-5-2-6-32-81)106(77-86)85-65-71-89(72-66-85)121(88-69-61-83(62-70-88)93-43-27-45-104-103-42-16-26-56-117(103)125-119(93)104)109-48-18-8-34-95(109)97-36-10-20-50-111(97)123-113-52-22-12-38-99(113)100-39-13-23-53-114(100)123/h1-78H. The predicted octanol–water partition coefficient (Wildman–Crippen LogP) is 33.6. The summed E-state index contributed by atoms with van der Waals surface area (Å²) < 4.78 is 18.6. The van der Waals surface area contributed by atoms with E-state index in [-0.39, 0.29) is 0 Å². The maximum atomic E-state index is 7.09. The SMILES string of the molecule is c1ccc(-c2ccc(-c3ccccc3N(c3ccc(-c4cccc5c4oc4ccc(-c6ccc(-c7ccccc7)c(-c7ccc(N(c8ccc(-c9cccc%10c9oc9ccccc9%10)cc8)c8ccccc8-c8ccccc8-n8c9ccccc9c9ccccc98)cc7)c6)cc45)cc3)c3ccccc3-c3ccccc3-n3c4ccccc4c4ccccc43)cc2)cc1. The number of rotatable bonds is 17. The topological polar surface area (TPSA) is 42.6 Å². The first-order valence-electron chi connectivity index (χ1n) is 43.1. The first kappa shape index (κ1) is 73.1. The van der Waals surface area contributed by atoms with Gasteiger partial charge < -0.3 is 27.8 Å². The van der Waals surface area contributed by atoms with E-state index >= 15 is 0 Å². The maximum absolute atomic E-state index is 7.09. The number of hydrogen-bond acceptors (Lipinski definition) is 4. The molecule has 590 valence electrons. The smallest absolute Gasteiger partial charge is 0.143 e. The molecule has 24 rings (SSSR count). The lowest BCUT2D eigenvalue weighted by atomic mass is 9.90. The van der Waals surface area contributed by atoms with Gasteiger partial charge in [-0.1, -0.05) is 358 Å². The Balaban J connectivity index is 0.600. The highest BCUT2D eigenvalue weighted by Gasteiger charge is 2.27. The van der Waals surface area contributed by atoms with Gasteiger partial charge in [0.05, 0.1) is 50.5 Å². The number of aromatic nitrogens is 2. The number of anilines is 6. The highest BCUT2D eigenvalue weighted by molar-refractivity contribution is 6.15. The summed E-state index contributed by atoms with van der Waals surface area (Å²) in [7, 11) is 0. The van der Waals surface area contributed by atoms with Crippen LogP contribution >= 0.6 is 0 Å². The normalized spacial score (nSPS) is 11.7. The molecule has 4 aromatic heterocycles. The zero-order chi connectivity index (χ0) is 83.1. The van der Waals surface area contributed by atoms with Gasteiger partial charge >= 0.3 is 0 Å². The van der Waals surface area contributed by atoms with Crippen molar-refractivity contribution in [1.82, 2.24) is 9.13 Å². The molecule has 126 heavy (non-hydrogen) atoms. The molecule has 0 spiro atoms. The lowest BCUT2D eigenvalue weighted by Gasteiger charge is -2.30. The lowest BCUT2D eigenvalue weighted by molar-refractivity contribution is 0.669. The van der Waals surface area contributed by atoms with Crippen LogP contribution in [0.1, 0.15) is 0 Å². The largest absolute Gasteiger partial charge is 0.455 e. The van der Waals surface area contributed by atoms with Crippen molar-refractivity contribution in [3.05, 3.63) is 473 Å². The highest BCUT2D eigenvalue weighted by Crippen LogP contribution is 2.51. The molecule has 6 nitrogen and oxygen atoms in total. The summed E-state index contributed by atoms with van der Waals surface area (Å²) in [4.78, 5) is 4.87. The summed E-state index contributed by atoms with van der Waals surface area (Å²) in [6, 6.07) is 172. The molecule has 0 radical (unpaired) electrons. The van der Waals surface area contributed by atoms with Gasteiger partial charge in [-0.25, -0.2) is 0 Å². The number of fused-ring (bicyclic) bond motifs is 12. The quantitative estimate of drug-likeness (QED) is 0.0911. The van der Waals surface area contributed by atoms with Crippen LogP contribution in [0.5, 0.6) is 0 Å². The number of hydrogen-bond donors (Lipinski definition) is 0. The number of para-hydroxylation sites is 12. The molecular weight excluding hydrogens is 1530 g/mol. The Kier molecular flexibility index (Phi) is 17.8. The Hall–Kier alpha value is -16.8. The van der Waals surface area contributed by atoms with Gasteiger partial charge in [0.25, 0.3) is 0 Å². The van der Waals surface area contributed by atoms with Gasteiger partial charge in [0.1, 0.15) is 22.3 Å². The van der Waals surface area contributed by atoms with E-state index < -0.39 is 0 Å². The van der Waals surface area contributed by atoms with Crippen LogP contribution in [0.15, 0.2) is 482 Å². The molecule has 0 amide bonds. The Morgan fingerprint density at radius 1 is 0.159 bits per heavy atom. The second-order valence-corrected chi connectivity index (χ2v) is 32.5. The fourth-order valence-corrected chi connectivity index (χ4v) is 19.6. The third kappa shape index (κ3) is 12.5. The van der Waals surface area contributed by atoms with Gasteiger partial charge in [-0.15, -0.1) is 0 Å². The molecular formula is C120H78N4O2. The molecule has 0 bridgehead atoms. The second-order valence-electron chi connectivity index (χ2n) is 32.5. The maximum Gasteiger partial charge on any atom is 0.143 e. The summed E-state index contributed by atoms with van der Waals surface area (Å²) in [5.74, 6) is 0. The molecule has 0 atom stereocenters. The van der Waals surface area contributed by atoms with E-state index in [4.69, 9.17) is 8.83 Å². The molecule has 0 saturated carbocycles. The first-order chi connectivity index (χ1) is 62.5. The predicted molar refractivity (Wildman–Crippen MR) is 528 cm³/mol. The van der Waals surface area contributed by atoms with Gasteiger partial charge in [-0.3, -0.25) is 0 Å². The van der Waals surface area contributed by atoms with Gasteiger partial charge in [0, 0.05) is 99.1 Å². The zero-order valence-corrected chi connectivity index (χ0v) is 68.6. The van der Waals surface area contributed by atoms with Crippen LogP contribution in [-0.2, 0) is 0 Å². The van der Waals surface area contributed by atoms with E-state index in [2.05, 4.69) is 486 Å². The Labute approximate surface area is 729 Å². The van der Waals surface area contributed by atoms with Crippen LogP contribution in [0.2, 0.25) is 0 Å². The molecule has 4 heterocycles. The zero-order valence-electron chi connectivity index (χ0n) is 68.6. The second kappa shape index (κ2) is 30.7. The van der Waals surface area contributed by atoms with E-state index in [1.165, 1.54) is 32.7 Å². The third-order valence-corrected chi connectivity index (χ3v) is 25.4. The molecule has 0 aliphatic carbocycles. The monoisotopic (exact) mass is 1610 g/mol. The van der Waals surface area contributed by atoms with E-state index in [0.29, 0.717) is 0 Å². The van der Waals surface area contributed by atoms with Crippen LogP contribution in [0.3, 0.4) is 0 Å². The van der Waals surface area contributed by atoms with Crippen molar-refractivity contribution in [1.29, 1.82) is 0 Å². The molecule has 24 aromatic rings. The van der Waals surface area contributed by atoms with Crippen molar-refractivity contribution in [2.45, 2.75) is 0 Å². The van der Waals surface area contributed by atoms with Crippen LogP contribution in [0, 0.1) is 0 Å². The number of nitrogens with zero attached hydrogens (tertiary/aromatic N) is 4. The molecule has 0 aliphatic heterocycles. The van der Waals surface area contributed by atoms with Gasteiger partial charge in [0.15, 0.2) is 0 Å². The highest BCUT2D eigenvalue weighted by atomic mass is 16.3. The fourth-order valence-electron chi connectivity index (χ4n) is 19.6. The van der Waals surface area contributed by atoms with Crippen molar-refractivity contribution < 1.29 is 8.83 Å². The van der Waals surface area contributed by atoms with Crippen molar-refractivity contribution in [3.63, 3.8) is 0 Å². The van der Waals surface area contributed by atoms with Crippen molar-refractivity contribution in [2.24, 2.45) is 0 Å². The van der Waals surface area contributed by atoms with Crippen LogP contribution in [0.4, 0.5) is 34.1 Å². The van der Waals surface area contributed by atoms with Gasteiger partial charge in [-0.05, 0) is 176 Å². The van der Waals surface area contributed by atoms with Crippen molar-refractivity contribution in [3.8, 4) is 112 Å². The van der Waals surface area contributed by atoms with Gasteiger partial charge in [-0.2, -0.15) is 0 Å². The number of furan rings is 2. The summed E-state index contributed by atoms with van der Waals surface area (Å²) >= 11 is 0. The van der Waals surface area contributed by atoms with E-state index in [1.807, 2.05) is 6.07 Å². The Morgan fingerprint density at radius 3 is 0.984 bits per heavy atom. The molecule has 0 N–H and O–H groups in total. The fraction of sp³-hybridized carbons (Fsp3) is 0. The van der Waals surface area contributed by atoms with Crippen molar-refractivity contribution in [2.75, 3.05) is 9.80 Å². The molecule has 6 heteroatoms. The van der Waals surface area contributed by atoms with Crippen molar-refractivity contribution >= 4 is 122 Å². The van der Waals surface area contributed by atoms with E-state index in [0.717, 1.165) is 200 Å². The first-order valence-corrected chi connectivity index (χ1v) is 43.1.